The second kappa shape index (κ2) is 5.39. The molecule has 0 spiro atoms. The summed E-state index contributed by atoms with van der Waals surface area (Å²) < 4.78 is 0. The number of rotatable bonds is 0. The summed E-state index contributed by atoms with van der Waals surface area (Å²) in [6.07, 6.45) is 11.5. The van der Waals surface area contributed by atoms with Gasteiger partial charge in [0, 0.05) is 22.1 Å². The summed E-state index contributed by atoms with van der Waals surface area (Å²) in [5.41, 5.74) is 1.74. The lowest BCUT2D eigenvalue weighted by Gasteiger charge is -2.23. The molecule has 2 aromatic rings. The van der Waals surface area contributed by atoms with Gasteiger partial charge >= 0.3 is 0 Å². The molecule has 0 aliphatic carbocycles. The van der Waals surface area contributed by atoms with Crippen molar-refractivity contribution in [3.8, 4) is 0 Å². The molecule has 8 bridgehead atoms. The fourth-order valence-corrected chi connectivity index (χ4v) is 3.26. The van der Waals surface area contributed by atoms with Gasteiger partial charge in [0.15, 0.2) is 0 Å². The van der Waals surface area contributed by atoms with Gasteiger partial charge < -0.3 is 20.2 Å². The van der Waals surface area contributed by atoms with Crippen molar-refractivity contribution < 1.29 is 10.2 Å². The summed E-state index contributed by atoms with van der Waals surface area (Å²) in [7, 11) is 0. The summed E-state index contributed by atoms with van der Waals surface area (Å²) in [6, 6.07) is 7.56. The Morgan fingerprint density at radius 2 is 1.73 bits per heavy atom. The van der Waals surface area contributed by atoms with Crippen molar-refractivity contribution in [3.05, 3.63) is 82.4 Å². The Bertz CT molecular complexity index is 1170. The van der Waals surface area contributed by atoms with E-state index in [1.165, 1.54) is 6.08 Å². The normalized spacial score (nSPS) is 26.1. The van der Waals surface area contributed by atoms with Crippen molar-refractivity contribution >= 4 is 23.6 Å². The maximum absolute atomic E-state index is 10.7. The predicted molar refractivity (Wildman–Crippen MR) is 100 cm³/mol. The molecule has 5 rings (SSSR count). The highest BCUT2D eigenvalue weighted by molar-refractivity contribution is 6.19. The van der Waals surface area contributed by atoms with E-state index in [0.717, 1.165) is 27.8 Å². The van der Waals surface area contributed by atoms with Crippen LogP contribution in [0.15, 0.2) is 70.3 Å². The third-order valence-corrected chi connectivity index (χ3v) is 4.56. The summed E-state index contributed by atoms with van der Waals surface area (Å²) in [4.78, 5) is 15.3. The van der Waals surface area contributed by atoms with Gasteiger partial charge in [0.25, 0.3) is 0 Å². The summed E-state index contributed by atoms with van der Waals surface area (Å²) in [5, 5.41) is 23.2. The maximum Gasteiger partial charge on any atom is 0.208 e. The molecule has 3 aliphatic rings. The topological polar surface area (TPSA) is 96.8 Å². The Balaban J connectivity index is 1.71. The van der Waals surface area contributed by atoms with E-state index in [1.807, 2.05) is 42.5 Å². The molecule has 2 aromatic heterocycles. The van der Waals surface area contributed by atoms with E-state index in [9.17, 15) is 10.2 Å². The van der Waals surface area contributed by atoms with E-state index < -0.39 is 11.8 Å². The van der Waals surface area contributed by atoms with Crippen molar-refractivity contribution in [2.45, 2.75) is 11.8 Å². The molecule has 0 amide bonds. The van der Waals surface area contributed by atoms with Crippen LogP contribution in [-0.4, -0.2) is 37.3 Å². The summed E-state index contributed by atoms with van der Waals surface area (Å²) >= 11 is 0. The van der Waals surface area contributed by atoms with Crippen molar-refractivity contribution in [2.75, 3.05) is 0 Å². The van der Waals surface area contributed by atoms with Gasteiger partial charge in [0.1, 0.15) is 6.10 Å². The van der Waals surface area contributed by atoms with E-state index in [0.29, 0.717) is 11.4 Å². The van der Waals surface area contributed by atoms with Gasteiger partial charge in [-0.15, -0.1) is 0 Å². The minimum absolute atomic E-state index is 0.493. The van der Waals surface area contributed by atoms with Gasteiger partial charge in [-0.2, -0.15) is 0 Å². The summed E-state index contributed by atoms with van der Waals surface area (Å²) in [6.45, 7) is 0. The smallest absolute Gasteiger partial charge is 0.208 e. The summed E-state index contributed by atoms with van der Waals surface area (Å²) in [5.74, 6) is 0. The highest BCUT2D eigenvalue weighted by atomic mass is 16.4. The number of aliphatic hydroxyl groups is 2. The Labute approximate surface area is 148 Å². The first-order valence-corrected chi connectivity index (χ1v) is 8.33. The first-order chi connectivity index (χ1) is 12.6. The number of aromatic nitrogens is 2. The monoisotopic (exact) mass is 344 g/mol. The number of hydrogen-bond donors (Lipinski definition) is 4. The lowest BCUT2D eigenvalue weighted by Crippen LogP contribution is -2.31. The third kappa shape index (κ3) is 2.52. The zero-order chi connectivity index (χ0) is 17.7. The molecule has 0 saturated heterocycles. The van der Waals surface area contributed by atoms with Crippen LogP contribution in [-0.2, 0) is 0 Å². The standard InChI is InChI=1S/C20H16N4O2/c25-19-18-6-5-16(23-18)10-14-2-1-12(21-14)9-13-3-4-15(22-13)11-17-7-8-20(19,26)24-17/h1-11,19,21,23,25-26H. The number of nitrogens with zero attached hydrogens (tertiary/aromatic N) is 2. The minimum atomic E-state index is -1.70. The van der Waals surface area contributed by atoms with Crippen LogP contribution in [0, 0.1) is 0 Å². The number of H-pyrrole nitrogens is 2. The molecule has 26 heavy (non-hydrogen) atoms. The van der Waals surface area contributed by atoms with Gasteiger partial charge in [0.05, 0.1) is 17.1 Å². The van der Waals surface area contributed by atoms with Gasteiger partial charge in [0.2, 0.25) is 5.72 Å². The molecule has 128 valence electrons. The van der Waals surface area contributed by atoms with Crippen LogP contribution in [0.4, 0.5) is 0 Å². The predicted octanol–water partition coefficient (Wildman–Crippen LogP) is 0.593. The van der Waals surface area contributed by atoms with Crippen LogP contribution in [0.25, 0.3) is 12.2 Å². The van der Waals surface area contributed by atoms with Crippen molar-refractivity contribution in [1.29, 1.82) is 0 Å². The largest absolute Gasteiger partial charge is 0.381 e. The lowest BCUT2D eigenvalue weighted by atomic mass is 10.1. The van der Waals surface area contributed by atoms with E-state index >= 15 is 0 Å². The van der Waals surface area contributed by atoms with Crippen LogP contribution in [0.1, 0.15) is 17.5 Å². The highest BCUT2D eigenvalue weighted by Gasteiger charge is 2.37. The number of aliphatic hydroxyl groups excluding tert-OH is 1. The molecule has 0 aromatic carbocycles. The molecule has 2 unspecified atom stereocenters. The molecule has 6 nitrogen and oxygen atoms in total. The third-order valence-electron chi connectivity index (χ3n) is 4.56. The number of hydrogen-bond acceptors (Lipinski definition) is 4. The van der Waals surface area contributed by atoms with Crippen molar-refractivity contribution in [1.82, 2.24) is 9.97 Å². The second-order valence-electron chi connectivity index (χ2n) is 6.52. The molecule has 0 saturated carbocycles. The second-order valence-corrected chi connectivity index (χ2v) is 6.52. The molecule has 2 atom stereocenters. The van der Waals surface area contributed by atoms with E-state index in [-0.39, 0.29) is 0 Å². The number of fused-ring (bicyclic) bond motifs is 6. The average molecular weight is 344 g/mol. The SMILES string of the molecule is OC1c2ccc([nH]2)C=c2ccc([nH]2)=CC2=NC(=CC3=NC1(O)C=C3)C=C2. The Morgan fingerprint density at radius 3 is 2.62 bits per heavy atom. The van der Waals surface area contributed by atoms with Gasteiger partial charge in [-0.3, -0.25) is 0 Å². The van der Waals surface area contributed by atoms with Crippen LogP contribution < -0.4 is 10.7 Å². The fourth-order valence-electron chi connectivity index (χ4n) is 3.26. The van der Waals surface area contributed by atoms with Crippen LogP contribution in [0.3, 0.4) is 0 Å². The molecular formula is C20H16N4O2. The molecular weight excluding hydrogens is 328 g/mol. The van der Waals surface area contributed by atoms with Gasteiger partial charge in [-0.25, -0.2) is 9.98 Å². The number of aliphatic imine (C=N–C) groups is 2. The van der Waals surface area contributed by atoms with Gasteiger partial charge in [-0.05, 0) is 66.8 Å². The first-order valence-electron chi connectivity index (χ1n) is 8.33. The van der Waals surface area contributed by atoms with Crippen LogP contribution in [0.2, 0.25) is 0 Å². The van der Waals surface area contributed by atoms with Crippen molar-refractivity contribution in [3.63, 3.8) is 0 Å². The highest BCUT2D eigenvalue weighted by Crippen LogP contribution is 2.32. The Morgan fingerprint density at radius 1 is 0.885 bits per heavy atom. The zero-order valence-corrected chi connectivity index (χ0v) is 13.7. The first kappa shape index (κ1) is 15.1. The average Bonchev–Trinajstić information content (AvgIpc) is 3.38. The Kier molecular flexibility index (Phi) is 3.12. The number of allylic oxidation sites excluding steroid dienone is 4. The molecule has 5 heterocycles. The molecule has 6 heteroatoms. The molecule has 3 aliphatic heterocycles. The number of nitrogens with one attached hydrogen (secondary N) is 2. The van der Waals surface area contributed by atoms with E-state index in [4.69, 9.17) is 0 Å². The quantitative estimate of drug-likeness (QED) is 0.563. The molecule has 4 N–H and O–H groups in total. The molecule has 0 radical (unpaired) electrons. The molecule has 0 fully saturated rings. The number of aromatic amines is 2. The van der Waals surface area contributed by atoms with E-state index in [1.54, 1.807) is 18.2 Å². The Hall–Kier alpha value is -3.22. The van der Waals surface area contributed by atoms with Crippen LogP contribution >= 0.6 is 0 Å². The fraction of sp³-hybridized carbons (Fsp3) is 0.100. The lowest BCUT2D eigenvalue weighted by molar-refractivity contribution is -0.0347. The van der Waals surface area contributed by atoms with Crippen molar-refractivity contribution in [2.24, 2.45) is 9.98 Å². The minimum Gasteiger partial charge on any atom is -0.381 e. The maximum atomic E-state index is 10.7. The van der Waals surface area contributed by atoms with Gasteiger partial charge in [-0.1, -0.05) is 0 Å². The van der Waals surface area contributed by atoms with Crippen LogP contribution in [0.5, 0.6) is 0 Å². The van der Waals surface area contributed by atoms with E-state index in [2.05, 4.69) is 20.0 Å². The zero-order valence-electron chi connectivity index (χ0n) is 13.7.